The van der Waals surface area contributed by atoms with Crippen molar-refractivity contribution >= 4 is 11.7 Å². The van der Waals surface area contributed by atoms with Crippen LogP contribution in [0.2, 0.25) is 0 Å². The fourth-order valence-corrected chi connectivity index (χ4v) is 2.85. The number of ether oxygens (including phenoxy) is 1. The number of hydrogen-bond acceptors (Lipinski definition) is 3. The van der Waals surface area contributed by atoms with Crippen LogP contribution < -0.4 is 5.32 Å². The van der Waals surface area contributed by atoms with Gasteiger partial charge in [0.1, 0.15) is 0 Å². The lowest BCUT2D eigenvalue weighted by Crippen LogP contribution is -2.24. The largest absolute Gasteiger partial charge is 0.462 e. The summed E-state index contributed by atoms with van der Waals surface area (Å²) in [6, 6.07) is 5.81. The Balaban J connectivity index is 1.96. The number of nitrogens with one attached hydrogen (secondary N) is 1. The number of carbonyl (C=O) groups is 1. The van der Waals surface area contributed by atoms with Crippen molar-refractivity contribution in [3.05, 3.63) is 41.5 Å². The lowest BCUT2D eigenvalue weighted by molar-refractivity contribution is 0.0526. The molecule has 2 aliphatic rings. The van der Waals surface area contributed by atoms with E-state index in [-0.39, 0.29) is 5.97 Å². The van der Waals surface area contributed by atoms with E-state index in [0.29, 0.717) is 24.0 Å². The Morgan fingerprint density at radius 1 is 1.50 bits per heavy atom. The second-order valence-corrected chi connectivity index (χ2v) is 4.85. The summed E-state index contributed by atoms with van der Waals surface area (Å²) in [5.41, 5.74) is 3.03. The molecule has 1 N–H and O–H groups in total. The third-order valence-electron chi connectivity index (χ3n) is 3.77. The zero-order valence-electron chi connectivity index (χ0n) is 10.5. The molecule has 3 heteroatoms. The van der Waals surface area contributed by atoms with Gasteiger partial charge in [0.05, 0.1) is 12.2 Å². The van der Waals surface area contributed by atoms with Crippen molar-refractivity contribution in [1.29, 1.82) is 0 Å². The van der Waals surface area contributed by atoms with E-state index in [2.05, 4.69) is 17.5 Å². The average molecular weight is 243 g/mol. The summed E-state index contributed by atoms with van der Waals surface area (Å²) >= 11 is 0. The van der Waals surface area contributed by atoms with Crippen molar-refractivity contribution in [3.63, 3.8) is 0 Å². The van der Waals surface area contributed by atoms with Crippen LogP contribution in [0.5, 0.6) is 0 Å². The van der Waals surface area contributed by atoms with Gasteiger partial charge in [0.15, 0.2) is 0 Å². The highest BCUT2D eigenvalue weighted by Crippen LogP contribution is 2.41. The Labute approximate surface area is 107 Å². The number of fused-ring (bicyclic) bond motifs is 3. The summed E-state index contributed by atoms with van der Waals surface area (Å²) in [6.07, 6.45) is 5.63. The zero-order chi connectivity index (χ0) is 12.5. The fraction of sp³-hybridized carbons (Fsp3) is 0.400. The van der Waals surface area contributed by atoms with E-state index in [0.717, 1.165) is 18.7 Å². The van der Waals surface area contributed by atoms with E-state index in [4.69, 9.17) is 4.74 Å². The molecule has 0 amide bonds. The van der Waals surface area contributed by atoms with Gasteiger partial charge in [-0.1, -0.05) is 12.2 Å². The van der Waals surface area contributed by atoms with E-state index in [1.54, 1.807) is 0 Å². The molecule has 18 heavy (non-hydrogen) atoms. The number of carbonyl (C=O) groups excluding carboxylic acids is 1. The van der Waals surface area contributed by atoms with Crippen molar-refractivity contribution in [3.8, 4) is 0 Å². The molecule has 2 unspecified atom stereocenters. The Kier molecular flexibility index (Phi) is 2.82. The summed E-state index contributed by atoms with van der Waals surface area (Å²) in [6.45, 7) is 3.26. The van der Waals surface area contributed by atoms with E-state index in [1.807, 2.05) is 25.1 Å². The molecule has 0 saturated heterocycles. The minimum atomic E-state index is -0.232. The molecule has 94 valence electrons. The molecule has 1 aliphatic carbocycles. The van der Waals surface area contributed by atoms with Crippen LogP contribution in [0, 0.1) is 5.92 Å². The summed E-state index contributed by atoms with van der Waals surface area (Å²) in [5.74, 6) is 0.856. The molecule has 1 aliphatic heterocycles. The SMILES string of the molecule is CCOC(=O)c1ccc2c(c1)C1C=CCC1CN2. The Hall–Kier alpha value is -1.77. The standard InChI is InChI=1S/C15H17NO2/c1-2-18-15(17)10-6-7-14-13(8-10)12-5-3-4-11(12)9-16-14/h3,5-8,11-12,16H,2,4,9H2,1H3. The Morgan fingerprint density at radius 3 is 3.22 bits per heavy atom. The van der Waals surface area contributed by atoms with Crippen LogP contribution in [0.4, 0.5) is 5.69 Å². The normalized spacial score (nSPS) is 24.1. The quantitative estimate of drug-likeness (QED) is 0.641. The van der Waals surface area contributed by atoms with E-state index in [9.17, 15) is 4.79 Å². The predicted molar refractivity (Wildman–Crippen MR) is 70.9 cm³/mol. The topological polar surface area (TPSA) is 38.3 Å². The molecular formula is C15H17NO2. The van der Waals surface area contributed by atoms with E-state index < -0.39 is 0 Å². The summed E-state index contributed by atoms with van der Waals surface area (Å²) < 4.78 is 5.05. The molecule has 2 atom stereocenters. The lowest BCUT2D eigenvalue weighted by Gasteiger charge is -2.29. The minimum absolute atomic E-state index is 0.232. The van der Waals surface area contributed by atoms with Gasteiger partial charge >= 0.3 is 5.97 Å². The first-order valence-electron chi connectivity index (χ1n) is 6.51. The van der Waals surface area contributed by atoms with Crippen LogP contribution in [0.15, 0.2) is 30.4 Å². The van der Waals surface area contributed by atoms with E-state index >= 15 is 0 Å². The first-order valence-corrected chi connectivity index (χ1v) is 6.51. The maximum absolute atomic E-state index is 11.8. The molecule has 1 heterocycles. The number of allylic oxidation sites excluding steroid dienone is 2. The third kappa shape index (κ3) is 1.80. The van der Waals surface area contributed by atoms with Crippen molar-refractivity contribution < 1.29 is 9.53 Å². The number of hydrogen-bond donors (Lipinski definition) is 1. The predicted octanol–water partition coefficient (Wildman–Crippen LogP) is 2.95. The average Bonchev–Trinajstić information content (AvgIpc) is 2.87. The Bertz CT molecular complexity index is 507. The monoisotopic (exact) mass is 243 g/mol. The lowest BCUT2D eigenvalue weighted by atomic mass is 9.84. The molecule has 3 rings (SSSR count). The molecule has 0 fully saturated rings. The second-order valence-electron chi connectivity index (χ2n) is 4.85. The highest BCUT2D eigenvalue weighted by Gasteiger charge is 2.30. The molecule has 0 radical (unpaired) electrons. The van der Waals surface area contributed by atoms with Gasteiger partial charge in [-0.25, -0.2) is 4.79 Å². The van der Waals surface area contributed by atoms with Gasteiger partial charge in [-0.3, -0.25) is 0 Å². The second kappa shape index (κ2) is 4.48. The number of anilines is 1. The van der Waals surface area contributed by atoms with Crippen LogP contribution in [-0.4, -0.2) is 19.1 Å². The number of benzene rings is 1. The molecule has 1 aromatic rings. The molecule has 1 aromatic carbocycles. The molecular weight excluding hydrogens is 226 g/mol. The van der Waals surface area contributed by atoms with Gasteiger partial charge in [0.25, 0.3) is 0 Å². The molecule has 0 aromatic heterocycles. The van der Waals surface area contributed by atoms with Crippen LogP contribution in [0.1, 0.15) is 35.2 Å². The zero-order valence-corrected chi connectivity index (χ0v) is 10.5. The van der Waals surface area contributed by atoms with Crippen molar-refractivity contribution in [2.24, 2.45) is 5.92 Å². The summed E-state index contributed by atoms with van der Waals surface area (Å²) in [4.78, 5) is 11.8. The van der Waals surface area contributed by atoms with E-state index in [1.165, 1.54) is 5.56 Å². The molecule has 0 bridgehead atoms. The first-order chi connectivity index (χ1) is 8.79. The maximum atomic E-state index is 11.8. The van der Waals surface area contributed by atoms with Gasteiger partial charge < -0.3 is 10.1 Å². The van der Waals surface area contributed by atoms with Crippen LogP contribution in [0.25, 0.3) is 0 Å². The molecule has 0 saturated carbocycles. The van der Waals surface area contributed by atoms with Crippen molar-refractivity contribution in [2.75, 3.05) is 18.5 Å². The molecule has 0 spiro atoms. The maximum Gasteiger partial charge on any atom is 0.338 e. The van der Waals surface area contributed by atoms with Gasteiger partial charge in [-0.15, -0.1) is 0 Å². The smallest absolute Gasteiger partial charge is 0.338 e. The van der Waals surface area contributed by atoms with Crippen molar-refractivity contribution in [2.45, 2.75) is 19.3 Å². The van der Waals surface area contributed by atoms with Crippen LogP contribution >= 0.6 is 0 Å². The fourth-order valence-electron chi connectivity index (χ4n) is 2.85. The highest BCUT2D eigenvalue weighted by molar-refractivity contribution is 5.90. The summed E-state index contributed by atoms with van der Waals surface area (Å²) in [5, 5.41) is 3.44. The Morgan fingerprint density at radius 2 is 2.39 bits per heavy atom. The van der Waals surface area contributed by atoms with Gasteiger partial charge in [-0.2, -0.15) is 0 Å². The van der Waals surface area contributed by atoms with Gasteiger partial charge in [-0.05, 0) is 43.0 Å². The number of esters is 1. The highest BCUT2D eigenvalue weighted by atomic mass is 16.5. The first kappa shape index (κ1) is 11.3. The third-order valence-corrected chi connectivity index (χ3v) is 3.77. The van der Waals surface area contributed by atoms with Crippen molar-refractivity contribution in [1.82, 2.24) is 0 Å². The van der Waals surface area contributed by atoms with Gasteiger partial charge in [0.2, 0.25) is 0 Å². The van der Waals surface area contributed by atoms with Gasteiger partial charge in [0, 0.05) is 18.2 Å². The van der Waals surface area contributed by atoms with Crippen LogP contribution in [-0.2, 0) is 4.74 Å². The summed E-state index contributed by atoms with van der Waals surface area (Å²) in [7, 11) is 0. The van der Waals surface area contributed by atoms with Crippen LogP contribution in [0.3, 0.4) is 0 Å². The number of rotatable bonds is 2. The molecule has 3 nitrogen and oxygen atoms in total. The minimum Gasteiger partial charge on any atom is -0.462 e.